The Labute approximate surface area is 140 Å². The average molecular weight is 336 g/mol. The number of benzene rings is 1. The highest BCUT2D eigenvalue weighted by Crippen LogP contribution is 2.32. The van der Waals surface area contributed by atoms with Crippen molar-refractivity contribution in [2.45, 2.75) is 18.6 Å². The fraction of sp³-hybridized carbons (Fsp3) is 0.250. The zero-order chi connectivity index (χ0) is 16.1. The minimum atomic E-state index is 0.129. The number of hydrogen-bond donors (Lipinski definition) is 1. The van der Waals surface area contributed by atoms with Crippen LogP contribution in [-0.2, 0) is 0 Å². The van der Waals surface area contributed by atoms with Gasteiger partial charge in [-0.15, -0.1) is 0 Å². The first-order valence-electron chi connectivity index (χ1n) is 6.71. The number of methoxy groups -OCH3 is 1. The molecule has 1 aromatic rings. The summed E-state index contributed by atoms with van der Waals surface area (Å²) in [5.74, 6) is 0.820. The van der Waals surface area contributed by atoms with Crippen LogP contribution in [0.2, 0.25) is 0 Å². The van der Waals surface area contributed by atoms with Crippen LogP contribution < -0.4 is 10.2 Å². The topological polar surface area (TPSA) is 46.0 Å². The second-order valence-electron chi connectivity index (χ2n) is 4.77. The molecule has 0 amide bonds. The standard InChI is InChI=1S/C16H18ClN3OS/c1-10(17)9-15-12(3)18-16(22-15)20-19-11(2)13-5-7-14(21-4)8-6-13/h5-8,15H,1,3,9H2,2,4H3,(H,18,20)/b19-11+. The molecule has 0 saturated carbocycles. The predicted octanol–water partition coefficient (Wildman–Crippen LogP) is 4.14. The summed E-state index contributed by atoms with van der Waals surface area (Å²) in [5, 5.41) is 5.81. The van der Waals surface area contributed by atoms with E-state index in [1.165, 1.54) is 0 Å². The Morgan fingerprint density at radius 2 is 2.14 bits per heavy atom. The highest BCUT2D eigenvalue weighted by molar-refractivity contribution is 8.14. The van der Waals surface area contributed by atoms with Crippen LogP contribution in [0.4, 0.5) is 0 Å². The lowest BCUT2D eigenvalue weighted by Gasteiger charge is -2.07. The largest absolute Gasteiger partial charge is 0.497 e. The van der Waals surface area contributed by atoms with E-state index in [0.717, 1.165) is 27.9 Å². The molecule has 0 aliphatic carbocycles. The van der Waals surface area contributed by atoms with Gasteiger partial charge in [-0.05, 0) is 36.8 Å². The molecule has 4 nitrogen and oxygen atoms in total. The molecule has 0 bridgehead atoms. The van der Waals surface area contributed by atoms with E-state index in [-0.39, 0.29) is 5.25 Å². The smallest absolute Gasteiger partial charge is 0.182 e. The molecule has 0 spiro atoms. The number of aliphatic imine (C=N–C) groups is 1. The number of halogens is 1. The molecule has 116 valence electrons. The lowest BCUT2D eigenvalue weighted by atomic mass is 10.1. The van der Waals surface area contributed by atoms with Crippen molar-refractivity contribution in [3.8, 4) is 5.75 Å². The molecule has 0 fully saturated rings. The van der Waals surface area contributed by atoms with Gasteiger partial charge in [-0.1, -0.05) is 36.5 Å². The quantitative estimate of drug-likeness (QED) is 0.650. The Kier molecular flexibility index (Phi) is 5.69. The number of nitrogens with zero attached hydrogens (tertiary/aromatic N) is 2. The summed E-state index contributed by atoms with van der Waals surface area (Å²) in [7, 11) is 1.64. The van der Waals surface area contributed by atoms with Crippen LogP contribution in [0.1, 0.15) is 18.9 Å². The van der Waals surface area contributed by atoms with Crippen LogP contribution >= 0.6 is 23.4 Å². The van der Waals surface area contributed by atoms with Crippen molar-refractivity contribution in [3.63, 3.8) is 0 Å². The Morgan fingerprint density at radius 1 is 1.45 bits per heavy atom. The maximum atomic E-state index is 5.85. The molecule has 22 heavy (non-hydrogen) atoms. The average Bonchev–Trinajstić information content (AvgIpc) is 2.84. The summed E-state index contributed by atoms with van der Waals surface area (Å²) in [6.45, 7) is 9.57. The summed E-state index contributed by atoms with van der Waals surface area (Å²) in [6, 6.07) is 7.73. The number of hydrogen-bond acceptors (Lipinski definition) is 5. The molecule has 0 aromatic heterocycles. The van der Waals surface area contributed by atoms with Crippen molar-refractivity contribution in [2.24, 2.45) is 10.1 Å². The molecule has 1 aliphatic rings. The predicted molar refractivity (Wildman–Crippen MR) is 95.9 cm³/mol. The molecule has 0 radical (unpaired) electrons. The van der Waals surface area contributed by atoms with Crippen LogP contribution in [0.5, 0.6) is 5.75 Å². The van der Waals surface area contributed by atoms with Gasteiger partial charge in [-0.25, -0.2) is 4.99 Å². The van der Waals surface area contributed by atoms with E-state index < -0.39 is 0 Å². The van der Waals surface area contributed by atoms with Gasteiger partial charge in [0.25, 0.3) is 0 Å². The lowest BCUT2D eigenvalue weighted by molar-refractivity contribution is 0.415. The van der Waals surface area contributed by atoms with E-state index in [2.05, 4.69) is 28.7 Å². The first kappa shape index (κ1) is 16.6. The molecule has 0 saturated heterocycles. The Bertz CT molecular complexity index is 637. The molecule has 1 aliphatic heterocycles. The molecule has 1 unspecified atom stereocenters. The van der Waals surface area contributed by atoms with Crippen LogP contribution in [0.25, 0.3) is 0 Å². The van der Waals surface area contributed by atoms with Gasteiger partial charge in [-0.2, -0.15) is 5.10 Å². The highest BCUT2D eigenvalue weighted by Gasteiger charge is 2.23. The number of amidine groups is 1. The normalized spacial score (nSPS) is 18.1. The van der Waals surface area contributed by atoms with Crippen molar-refractivity contribution >= 4 is 34.2 Å². The van der Waals surface area contributed by atoms with Gasteiger partial charge < -0.3 is 4.74 Å². The van der Waals surface area contributed by atoms with Crippen molar-refractivity contribution in [2.75, 3.05) is 7.11 Å². The van der Waals surface area contributed by atoms with Gasteiger partial charge in [0.05, 0.1) is 23.8 Å². The first-order valence-corrected chi connectivity index (χ1v) is 7.97. The maximum absolute atomic E-state index is 5.85. The minimum absolute atomic E-state index is 0.129. The molecule has 1 heterocycles. The van der Waals surface area contributed by atoms with E-state index >= 15 is 0 Å². The fourth-order valence-corrected chi connectivity index (χ4v) is 3.13. The van der Waals surface area contributed by atoms with Gasteiger partial charge in [0.15, 0.2) is 5.17 Å². The molecule has 1 N–H and O–H groups in total. The Balaban J connectivity index is 1.97. The van der Waals surface area contributed by atoms with E-state index in [4.69, 9.17) is 16.3 Å². The number of ether oxygens (including phenoxy) is 1. The summed E-state index contributed by atoms with van der Waals surface area (Å²) >= 11 is 7.40. The monoisotopic (exact) mass is 335 g/mol. The summed E-state index contributed by atoms with van der Waals surface area (Å²) in [6.07, 6.45) is 0.654. The molecule has 6 heteroatoms. The number of hydrazone groups is 1. The zero-order valence-electron chi connectivity index (χ0n) is 12.6. The van der Waals surface area contributed by atoms with E-state index in [1.54, 1.807) is 18.9 Å². The molecular weight excluding hydrogens is 318 g/mol. The van der Waals surface area contributed by atoms with Gasteiger partial charge in [0, 0.05) is 11.5 Å². The molecule has 1 atom stereocenters. The van der Waals surface area contributed by atoms with Gasteiger partial charge in [-0.3, -0.25) is 5.43 Å². The summed E-state index contributed by atoms with van der Waals surface area (Å²) < 4.78 is 5.14. The van der Waals surface area contributed by atoms with E-state index in [9.17, 15) is 0 Å². The van der Waals surface area contributed by atoms with Crippen molar-refractivity contribution < 1.29 is 4.74 Å². The highest BCUT2D eigenvalue weighted by atomic mass is 35.5. The second kappa shape index (κ2) is 7.51. The van der Waals surface area contributed by atoms with Gasteiger partial charge in [0.1, 0.15) is 5.75 Å². The third kappa shape index (κ3) is 4.39. The third-order valence-corrected chi connectivity index (χ3v) is 4.39. The first-order chi connectivity index (χ1) is 10.5. The molecular formula is C16H18ClN3OS. The minimum Gasteiger partial charge on any atom is -0.497 e. The zero-order valence-corrected chi connectivity index (χ0v) is 14.2. The van der Waals surface area contributed by atoms with Crippen LogP contribution in [0.3, 0.4) is 0 Å². The number of nitrogens with one attached hydrogen (secondary N) is 1. The second-order valence-corrected chi connectivity index (χ2v) is 6.50. The summed E-state index contributed by atoms with van der Waals surface area (Å²) in [4.78, 5) is 4.36. The summed E-state index contributed by atoms with van der Waals surface area (Å²) in [5.41, 5.74) is 5.64. The third-order valence-electron chi connectivity index (χ3n) is 3.10. The van der Waals surface area contributed by atoms with Crippen LogP contribution in [0.15, 0.2) is 58.2 Å². The van der Waals surface area contributed by atoms with Crippen molar-refractivity contribution in [1.82, 2.24) is 5.43 Å². The lowest BCUT2D eigenvalue weighted by Crippen LogP contribution is -2.15. The van der Waals surface area contributed by atoms with E-state index in [1.807, 2.05) is 31.2 Å². The maximum Gasteiger partial charge on any atom is 0.182 e. The fourth-order valence-electron chi connectivity index (χ4n) is 1.87. The molecule has 1 aromatic carbocycles. The SMILES string of the molecule is C=C(Cl)CC1SC(N/N=C(\C)c2ccc(OC)cc2)=NC1=C. The number of thioether (sulfide) groups is 1. The van der Waals surface area contributed by atoms with Crippen LogP contribution in [0, 0.1) is 0 Å². The van der Waals surface area contributed by atoms with E-state index in [0.29, 0.717) is 11.5 Å². The number of rotatable bonds is 5. The molecule has 2 rings (SSSR count). The van der Waals surface area contributed by atoms with Crippen molar-refractivity contribution in [1.29, 1.82) is 0 Å². The Morgan fingerprint density at radius 3 is 2.73 bits per heavy atom. The van der Waals surface area contributed by atoms with Crippen molar-refractivity contribution in [3.05, 3.63) is 53.7 Å². The Hall–Kier alpha value is -1.72. The van der Waals surface area contributed by atoms with Gasteiger partial charge in [0.2, 0.25) is 0 Å². The van der Waals surface area contributed by atoms with Gasteiger partial charge >= 0.3 is 0 Å². The van der Waals surface area contributed by atoms with Crippen LogP contribution in [-0.4, -0.2) is 23.2 Å². The number of allylic oxidation sites excluding steroid dienone is 1.